The Kier molecular flexibility index (Phi) is 4.97. The number of ether oxygens (including phenoxy) is 1. The van der Waals surface area contributed by atoms with E-state index in [1.165, 1.54) is 5.56 Å². The fourth-order valence-corrected chi connectivity index (χ4v) is 2.88. The number of likely N-dealkylation sites (N-methyl/N-ethyl adjacent to an activating group) is 1. The summed E-state index contributed by atoms with van der Waals surface area (Å²) in [6.07, 6.45) is 2.18. The Morgan fingerprint density at radius 3 is 2.47 bits per heavy atom. The van der Waals surface area contributed by atoms with Crippen LogP contribution < -0.4 is 0 Å². The van der Waals surface area contributed by atoms with E-state index in [9.17, 15) is 5.11 Å². The number of rotatable bonds is 5. The van der Waals surface area contributed by atoms with Crippen molar-refractivity contribution >= 4 is 0 Å². The van der Waals surface area contributed by atoms with Gasteiger partial charge in [-0.3, -0.25) is 0 Å². The number of benzene rings is 1. The molecule has 106 valence electrons. The average molecular weight is 263 g/mol. The molecule has 0 saturated carbocycles. The Morgan fingerprint density at radius 1 is 1.26 bits per heavy atom. The van der Waals surface area contributed by atoms with Crippen LogP contribution in [0.15, 0.2) is 30.3 Å². The largest absolute Gasteiger partial charge is 0.395 e. The van der Waals surface area contributed by atoms with Crippen LogP contribution in [-0.4, -0.2) is 49.5 Å². The van der Waals surface area contributed by atoms with Crippen LogP contribution in [0.25, 0.3) is 0 Å². The van der Waals surface area contributed by atoms with E-state index in [0.29, 0.717) is 6.04 Å². The molecule has 1 aromatic carbocycles. The minimum absolute atomic E-state index is 0.171. The smallest absolute Gasteiger partial charge is 0.0537 e. The van der Waals surface area contributed by atoms with Gasteiger partial charge in [0.25, 0.3) is 0 Å². The highest BCUT2D eigenvalue weighted by molar-refractivity contribution is 5.25. The molecule has 1 aromatic rings. The second-order valence-corrected chi connectivity index (χ2v) is 5.84. The van der Waals surface area contributed by atoms with Crippen molar-refractivity contribution in [2.24, 2.45) is 0 Å². The Hall–Kier alpha value is -0.900. The summed E-state index contributed by atoms with van der Waals surface area (Å²) in [6, 6.07) is 10.9. The molecule has 1 atom stereocenters. The van der Waals surface area contributed by atoms with Crippen molar-refractivity contribution in [3.05, 3.63) is 35.9 Å². The molecule has 0 radical (unpaired) electrons. The fourth-order valence-electron chi connectivity index (χ4n) is 2.88. The molecule has 3 nitrogen and oxygen atoms in total. The van der Waals surface area contributed by atoms with Crippen molar-refractivity contribution in [3.63, 3.8) is 0 Å². The van der Waals surface area contributed by atoms with Gasteiger partial charge in [-0.15, -0.1) is 0 Å². The van der Waals surface area contributed by atoms with E-state index in [0.717, 1.165) is 32.6 Å². The summed E-state index contributed by atoms with van der Waals surface area (Å²) in [6.45, 7) is 4.90. The maximum atomic E-state index is 9.83. The summed E-state index contributed by atoms with van der Waals surface area (Å²) in [5.74, 6) is 0. The molecule has 1 aliphatic heterocycles. The standard InChI is InChI=1S/C16H25NO2/c1-16(13-18,14-6-4-3-5-7-14)12-17(2)15-8-10-19-11-9-15/h3-7,15,18H,8-13H2,1-2H3. The number of hydrogen-bond donors (Lipinski definition) is 1. The molecule has 1 N–H and O–H groups in total. The van der Waals surface area contributed by atoms with Gasteiger partial charge in [-0.25, -0.2) is 0 Å². The van der Waals surface area contributed by atoms with Crippen molar-refractivity contribution in [1.82, 2.24) is 4.90 Å². The number of hydrogen-bond acceptors (Lipinski definition) is 3. The summed E-state index contributed by atoms with van der Waals surface area (Å²) < 4.78 is 5.41. The molecule has 0 aromatic heterocycles. The van der Waals surface area contributed by atoms with Crippen LogP contribution in [0.2, 0.25) is 0 Å². The molecule has 1 fully saturated rings. The van der Waals surface area contributed by atoms with Crippen LogP contribution in [0, 0.1) is 0 Å². The molecular formula is C16H25NO2. The molecule has 0 bridgehead atoms. The Morgan fingerprint density at radius 2 is 1.89 bits per heavy atom. The molecule has 1 aliphatic rings. The van der Waals surface area contributed by atoms with Crippen molar-refractivity contribution in [3.8, 4) is 0 Å². The van der Waals surface area contributed by atoms with Crippen molar-refractivity contribution < 1.29 is 9.84 Å². The van der Waals surface area contributed by atoms with Crippen LogP contribution in [0.4, 0.5) is 0 Å². The van der Waals surface area contributed by atoms with Crippen LogP contribution >= 0.6 is 0 Å². The van der Waals surface area contributed by atoms with E-state index < -0.39 is 0 Å². The van der Waals surface area contributed by atoms with E-state index in [-0.39, 0.29) is 12.0 Å². The minimum atomic E-state index is -0.200. The van der Waals surface area contributed by atoms with Crippen LogP contribution in [-0.2, 0) is 10.2 Å². The monoisotopic (exact) mass is 263 g/mol. The van der Waals surface area contributed by atoms with Gasteiger partial charge in [-0.1, -0.05) is 37.3 Å². The first-order chi connectivity index (χ1) is 9.15. The highest BCUT2D eigenvalue weighted by Gasteiger charge is 2.30. The lowest BCUT2D eigenvalue weighted by molar-refractivity contribution is 0.0316. The molecule has 0 amide bonds. The number of aliphatic hydroxyl groups excluding tert-OH is 1. The second-order valence-electron chi connectivity index (χ2n) is 5.84. The van der Waals surface area contributed by atoms with Crippen molar-refractivity contribution in [1.29, 1.82) is 0 Å². The normalized spacial score (nSPS) is 20.4. The van der Waals surface area contributed by atoms with Gasteiger partial charge in [-0.2, -0.15) is 0 Å². The summed E-state index contributed by atoms with van der Waals surface area (Å²) in [5.41, 5.74) is 1.00. The third-order valence-corrected chi connectivity index (χ3v) is 4.23. The molecule has 0 spiro atoms. The maximum absolute atomic E-state index is 9.83. The lowest BCUT2D eigenvalue weighted by atomic mass is 9.82. The zero-order valence-corrected chi connectivity index (χ0v) is 12.0. The Labute approximate surface area is 116 Å². The summed E-state index contributed by atoms with van der Waals surface area (Å²) in [5, 5.41) is 9.83. The topological polar surface area (TPSA) is 32.7 Å². The maximum Gasteiger partial charge on any atom is 0.0537 e. The first kappa shape index (κ1) is 14.5. The van der Waals surface area contributed by atoms with Gasteiger partial charge in [0, 0.05) is 31.2 Å². The molecular weight excluding hydrogens is 238 g/mol. The third kappa shape index (κ3) is 3.56. The minimum Gasteiger partial charge on any atom is -0.395 e. The first-order valence-corrected chi connectivity index (χ1v) is 7.10. The van der Waals surface area contributed by atoms with E-state index in [1.807, 2.05) is 18.2 Å². The first-order valence-electron chi connectivity index (χ1n) is 7.10. The van der Waals surface area contributed by atoms with E-state index >= 15 is 0 Å². The molecule has 19 heavy (non-hydrogen) atoms. The van der Waals surface area contributed by atoms with E-state index in [2.05, 4.69) is 31.0 Å². The SMILES string of the molecule is CN(CC(C)(CO)c1ccccc1)C1CCOCC1. The number of aliphatic hydroxyl groups is 1. The zero-order chi connectivity index (χ0) is 13.7. The quantitative estimate of drug-likeness (QED) is 0.882. The van der Waals surface area contributed by atoms with Gasteiger partial charge in [-0.05, 0) is 25.5 Å². The van der Waals surface area contributed by atoms with Gasteiger partial charge in [0.1, 0.15) is 0 Å². The highest BCUT2D eigenvalue weighted by atomic mass is 16.5. The molecule has 1 heterocycles. The Balaban J connectivity index is 2.05. The van der Waals surface area contributed by atoms with E-state index in [4.69, 9.17) is 4.74 Å². The summed E-state index contributed by atoms with van der Waals surface area (Å²) >= 11 is 0. The van der Waals surface area contributed by atoms with Gasteiger partial charge in [0.05, 0.1) is 6.61 Å². The second kappa shape index (κ2) is 6.51. The molecule has 2 rings (SSSR count). The van der Waals surface area contributed by atoms with Gasteiger partial charge >= 0.3 is 0 Å². The summed E-state index contributed by atoms with van der Waals surface area (Å²) in [7, 11) is 2.16. The molecule has 1 unspecified atom stereocenters. The average Bonchev–Trinajstić information content (AvgIpc) is 2.49. The zero-order valence-electron chi connectivity index (χ0n) is 12.0. The van der Waals surface area contributed by atoms with Gasteiger partial charge in [0.2, 0.25) is 0 Å². The van der Waals surface area contributed by atoms with E-state index in [1.54, 1.807) is 0 Å². The summed E-state index contributed by atoms with van der Waals surface area (Å²) in [4.78, 5) is 2.38. The number of nitrogens with zero attached hydrogens (tertiary/aromatic N) is 1. The van der Waals surface area contributed by atoms with Crippen molar-refractivity contribution in [2.45, 2.75) is 31.2 Å². The van der Waals surface area contributed by atoms with Crippen molar-refractivity contribution in [2.75, 3.05) is 33.4 Å². The predicted molar refractivity (Wildman–Crippen MR) is 77.4 cm³/mol. The molecule has 0 aliphatic carbocycles. The fraction of sp³-hybridized carbons (Fsp3) is 0.625. The lowest BCUT2D eigenvalue weighted by Gasteiger charge is -2.38. The lowest BCUT2D eigenvalue weighted by Crippen LogP contribution is -2.46. The molecule has 1 saturated heterocycles. The molecule has 3 heteroatoms. The third-order valence-electron chi connectivity index (χ3n) is 4.23. The van der Waals surface area contributed by atoms with Crippen LogP contribution in [0.3, 0.4) is 0 Å². The Bertz CT molecular complexity index is 376. The van der Waals surface area contributed by atoms with Gasteiger partial charge in [0.15, 0.2) is 0 Å². The predicted octanol–water partition coefficient (Wildman–Crippen LogP) is 2.05. The van der Waals surface area contributed by atoms with Crippen LogP contribution in [0.1, 0.15) is 25.3 Å². The van der Waals surface area contributed by atoms with Crippen LogP contribution in [0.5, 0.6) is 0 Å². The highest BCUT2D eigenvalue weighted by Crippen LogP contribution is 2.26. The van der Waals surface area contributed by atoms with Gasteiger partial charge < -0.3 is 14.7 Å².